The molecule has 1 N–H and O–H groups in total. The van der Waals surface area contributed by atoms with Crippen molar-refractivity contribution < 1.29 is 33.5 Å². The quantitative estimate of drug-likeness (QED) is 0.0652. The molecule has 1 aromatic rings. The number of aliphatic hydroxyl groups excluding tert-OH is 1. The number of rotatable bonds is 60. The lowest BCUT2D eigenvalue weighted by molar-refractivity contribution is -0.172. The van der Waals surface area contributed by atoms with E-state index in [9.17, 15) is 5.11 Å². The Bertz CT molecular complexity index is 1280. The van der Waals surface area contributed by atoms with Crippen LogP contribution in [0.25, 0.3) is 0 Å². The van der Waals surface area contributed by atoms with Gasteiger partial charge in [-0.25, -0.2) is 0 Å². The summed E-state index contributed by atoms with van der Waals surface area (Å²) in [5.74, 6) is 1.97. The maximum absolute atomic E-state index is 9.92. The summed E-state index contributed by atoms with van der Waals surface area (Å²) in [5.41, 5.74) is 0.734. The van der Waals surface area contributed by atoms with Crippen LogP contribution in [-0.2, 0) is 20.8 Å². The van der Waals surface area contributed by atoms with E-state index < -0.39 is 0 Å². The van der Waals surface area contributed by atoms with Gasteiger partial charge in [-0.2, -0.15) is 0 Å². The minimum absolute atomic E-state index is 0.0360. The van der Waals surface area contributed by atoms with E-state index in [1.807, 2.05) is 12.1 Å². The van der Waals surface area contributed by atoms with Crippen LogP contribution in [-0.4, -0.2) is 64.1 Å². The summed E-state index contributed by atoms with van der Waals surface area (Å²) in [6, 6.07) is 3.68. The third-order valence-electron chi connectivity index (χ3n) is 17.0. The zero-order valence-electron chi connectivity index (χ0n) is 52.3. The van der Waals surface area contributed by atoms with Gasteiger partial charge < -0.3 is 33.5 Å². The minimum atomic E-state index is -0.0900. The summed E-state index contributed by atoms with van der Waals surface area (Å²) in [6.07, 6.45) is 67.3. The van der Waals surface area contributed by atoms with Crippen LogP contribution < -0.4 is 14.2 Å². The average molecular weight is 1090 g/mol. The predicted molar refractivity (Wildman–Crippen MR) is 332 cm³/mol. The molecule has 2 rings (SSSR count). The van der Waals surface area contributed by atoms with Gasteiger partial charge in [-0.05, 0) is 55.7 Å². The first-order chi connectivity index (χ1) is 38.1. The lowest BCUT2D eigenvalue weighted by Crippen LogP contribution is -2.50. The lowest BCUT2D eigenvalue weighted by Gasteiger charge is -2.41. The number of benzene rings is 1. The van der Waals surface area contributed by atoms with Crippen molar-refractivity contribution in [1.82, 2.24) is 0 Å². The van der Waals surface area contributed by atoms with Crippen molar-refractivity contribution in [1.29, 1.82) is 0 Å². The topological polar surface area (TPSA) is 75.6 Å². The van der Waals surface area contributed by atoms with Crippen molar-refractivity contribution in [3.05, 3.63) is 17.7 Å². The van der Waals surface area contributed by atoms with E-state index in [4.69, 9.17) is 28.4 Å². The first-order valence-electron chi connectivity index (χ1n) is 34.4. The zero-order chi connectivity index (χ0) is 55.2. The zero-order valence-corrected chi connectivity index (χ0v) is 52.3. The first kappa shape index (κ1) is 71.6. The molecular formula is C70H132O7. The highest BCUT2D eigenvalue weighted by Crippen LogP contribution is 2.40. The Labute approximate surface area is 479 Å². The minimum Gasteiger partial charge on any atom is -0.493 e. The summed E-state index contributed by atoms with van der Waals surface area (Å²) in [7, 11) is 3.30. The summed E-state index contributed by atoms with van der Waals surface area (Å²) < 4.78 is 38.9. The number of hydrogen-bond donors (Lipinski definition) is 1. The van der Waals surface area contributed by atoms with E-state index in [1.165, 1.54) is 289 Å². The largest absolute Gasteiger partial charge is 0.493 e. The normalized spacial score (nSPS) is 16.6. The van der Waals surface area contributed by atoms with Crippen molar-refractivity contribution >= 4 is 0 Å². The fraction of sp³-hybridized carbons (Fsp3) is 0.914. The molecule has 77 heavy (non-hydrogen) atoms. The van der Waals surface area contributed by atoms with Crippen molar-refractivity contribution in [2.45, 2.75) is 367 Å². The summed E-state index contributed by atoms with van der Waals surface area (Å²) in [4.78, 5) is 0. The van der Waals surface area contributed by atoms with Crippen LogP contribution in [0.5, 0.6) is 17.2 Å². The second kappa shape index (κ2) is 55.0. The van der Waals surface area contributed by atoms with Crippen LogP contribution in [0, 0.1) is 5.92 Å². The Balaban J connectivity index is 1.93. The molecule has 0 heterocycles. The molecular weight excluding hydrogens is 953 g/mol. The molecule has 0 bridgehead atoms. The summed E-state index contributed by atoms with van der Waals surface area (Å²) >= 11 is 0. The number of unbranched alkanes of at least 4 members (excludes halogenated alkanes) is 45. The highest BCUT2D eigenvalue weighted by Gasteiger charge is 2.40. The molecule has 0 amide bonds. The molecule has 1 fully saturated rings. The van der Waals surface area contributed by atoms with E-state index in [-0.39, 0.29) is 30.8 Å². The Morgan fingerprint density at radius 3 is 0.844 bits per heavy atom. The standard InChI is InChI=1S/C70H132O7/c1-6-9-12-15-18-21-24-27-30-33-36-39-42-45-48-51-54-74-67-59-64(62-77-69-65(72-4)57-63(61-71)58-66(69)73-5)60-68(75-55-52-49-46-43-40-37-34-31-28-25-22-19-16-13-10-7-2)70(67)76-56-53-50-47-44-41-38-35-32-29-26-23-20-17-14-11-8-3/h57-58,64,67-68,70-71H,6-56,59-62H2,1-5H3. The first-order valence-corrected chi connectivity index (χ1v) is 34.4. The van der Waals surface area contributed by atoms with Gasteiger partial charge in [-0.1, -0.05) is 310 Å². The van der Waals surface area contributed by atoms with Crippen molar-refractivity contribution in [3.8, 4) is 17.2 Å². The molecule has 0 aliphatic heterocycles. The van der Waals surface area contributed by atoms with Crippen LogP contribution in [0.15, 0.2) is 12.1 Å². The molecule has 1 aliphatic rings. The lowest BCUT2D eigenvalue weighted by atomic mass is 9.83. The fourth-order valence-corrected chi connectivity index (χ4v) is 11.9. The van der Waals surface area contributed by atoms with Crippen LogP contribution in [0.2, 0.25) is 0 Å². The third-order valence-corrected chi connectivity index (χ3v) is 17.0. The van der Waals surface area contributed by atoms with Gasteiger partial charge in [-0.3, -0.25) is 0 Å². The number of hydrogen-bond acceptors (Lipinski definition) is 7. The molecule has 7 heteroatoms. The van der Waals surface area contributed by atoms with Gasteiger partial charge >= 0.3 is 0 Å². The highest BCUT2D eigenvalue weighted by atomic mass is 16.6. The van der Waals surface area contributed by atoms with Gasteiger partial charge in [-0.15, -0.1) is 0 Å². The fourth-order valence-electron chi connectivity index (χ4n) is 11.9. The van der Waals surface area contributed by atoms with Gasteiger partial charge in [0.1, 0.15) is 6.10 Å². The summed E-state index contributed by atoms with van der Waals surface area (Å²) in [6.45, 7) is 9.64. The Hall–Kier alpha value is -1.54. The SMILES string of the molecule is CCCCCCCCCCCCCCCCCCOC1CC(COc2c(OC)cc(CO)cc2OC)CC(OCCCCCCCCCCCCCCCCCC)C1OCCCCCCCCCCCCCCCCCC. The molecule has 7 nitrogen and oxygen atoms in total. The van der Waals surface area contributed by atoms with Gasteiger partial charge in [0.2, 0.25) is 5.75 Å². The highest BCUT2D eigenvalue weighted by molar-refractivity contribution is 5.53. The second-order valence-corrected chi connectivity index (χ2v) is 24.2. The third kappa shape index (κ3) is 40.3. The molecule has 2 atom stereocenters. The van der Waals surface area contributed by atoms with Gasteiger partial charge in [0.25, 0.3) is 0 Å². The van der Waals surface area contributed by atoms with Crippen molar-refractivity contribution in [2.24, 2.45) is 5.92 Å². The van der Waals surface area contributed by atoms with Gasteiger partial charge in [0.05, 0.1) is 39.6 Å². The molecule has 1 saturated carbocycles. The van der Waals surface area contributed by atoms with E-state index in [2.05, 4.69) is 20.8 Å². The van der Waals surface area contributed by atoms with Crippen molar-refractivity contribution in [3.63, 3.8) is 0 Å². The predicted octanol–water partition coefficient (Wildman–Crippen LogP) is 21.9. The molecule has 0 radical (unpaired) electrons. The average Bonchev–Trinajstić information content (AvgIpc) is 3.45. The second-order valence-electron chi connectivity index (χ2n) is 24.2. The van der Waals surface area contributed by atoms with Gasteiger partial charge in [0, 0.05) is 19.8 Å². The maximum atomic E-state index is 9.92. The van der Waals surface area contributed by atoms with E-state index in [1.54, 1.807) is 14.2 Å². The molecule has 1 aromatic carbocycles. The molecule has 0 aromatic heterocycles. The van der Waals surface area contributed by atoms with Crippen LogP contribution in [0.3, 0.4) is 0 Å². The molecule has 1 aliphatic carbocycles. The van der Waals surface area contributed by atoms with Crippen LogP contribution >= 0.6 is 0 Å². The Morgan fingerprint density at radius 1 is 0.351 bits per heavy atom. The Morgan fingerprint density at radius 2 is 0.597 bits per heavy atom. The molecule has 0 spiro atoms. The molecule has 454 valence electrons. The van der Waals surface area contributed by atoms with Gasteiger partial charge in [0.15, 0.2) is 11.5 Å². The number of aliphatic hydroxyl groups is 1. The van der Waals surface area contributed by atoms with E-state index in [0.717, 1.165) is 57.5 Å². The Kier molecular flexibility index (Phi) is 51.1. The van der Waals surface area contributed by atoms with Crippen molar-refractivity contribution in [2.75, 3.05) is 40.6 Å². The smallest absolute Gasteiger partial charge is 0.203 e. The van der Waals surface area contributed by atoms with E-state index >= 15 is 0 Å². The molecule has 0 saturated heterocycles. The number of ether oxygens (including phenoxy) is 6. The maximum Gasteiger partial charge on any atom is 0.203 e. The van der Waals surface area contributed by atoms with Crippen LogP contribution in [0.4, 0.5) is 0 Å². The monoisotopic (exact) mass is 1080 g/mol. The van der Waals surface area contributed by atoms with Crippen LogP contribution in [0.1, 0.15) is 347 Å². The molecule has 2 unspecified atom stereocenters. The summed E-state index contributed by atoms with van der Waals surface area (Å²) in [5, 5.41) is 9.92. The van der Waals surface area contributed by atoms with E-state index in [0.29, 0.717) is 23.9 Å². The number of methoxy groups -OCH3 is 2.